The maximum absolute atomic E-state index is 13.7. The lowest BCUT2D eigenvalue weighted by Gasteiger charge is -2.16. The summed E-state index contributed by atoms with van der Waals surface area (Å²) in [6.07, 6.45) is 0. The Labute approximate surface area is 119 Å². The van der Waals surface area contributed by atoms with Crippen molar-refractivity contribution in [3.05, 3.63) is 63.3 Å². The zero-order valence-corrected chi connectivity index (χ0v) is 11.5. The average Bonchev–Trinajstić information content (AvgIpc) is 2.83. The highest BCUT2D eigenvalue weighted by molar-refractivity contribution is 5.94. The molecule has 6 nitrogen and oxygen atoms in total. The molecule has 0 unspecified atom stereocenters. The highest BCUT2D eigenvalue weighted by Gasteiger charge is 2.20. The molecule has 21 heavy (non-hydrogen) atoms. The summed E-state index contributed by atoms with van der Waals surface area (Å²) in [6.45, 7) is 1.92. The fraction of sp³-hybridized carbons (Fsp3) is 0.214. The van der Waals surface area contributed by atoms with Crippen LogP contribution in [0.25, 0.3) is 0 Å². The first-order valence-electron chi connectivity index (χ1n) is 6.13. The number of nitrogens with zero attached hydrogens (tertiary/aromatic N) is 2. The normalized spacial score (nSPS) is 10.4. The quantitative estimate of drug-likeness (QED) is 0.641. The van der Waals surface area contributed by atoms with Crippen molar-refractivity contribution in [2.45, 2.75) is 13.5 Å². The van der Waals surface area contributed by atoms with Crippen LogP contribution in [0.4, 0.5) is 10.1 Å². The van der Waals surface area contributed by atoms with Gasteiger partial charge in [-0.2, -0.15) is 0 Å². The molecular formula is C14H13FN2O4. The molecule has 7 heteroatoms. The van der Waals surface area contributed by atoms with Crippen molar-refractivity contribution in [1.29, 1.82) is 0 Å². The van der Waals surface area contributed by atoms with Crippen LogP contribution >= 0.6 is 0 Å². The van der Waals surface area contributed by atoms with Gasteiger partial charge in [-0.1, -0.05) is 0 Å². The van der Waals surface area contributed by atoms with E-state index in [-0.39, 0.29) is 17.8 Å². The Morgan fingerprint density at radius 2 is 2.10 bits per heavy atom. The van der Waals surface area contributed by atoms with Gasteiger partial charge in [0.15, 0.2) is 0 Å². The van der Waals surface area contributed by atoms with E-state index in [1.807, 2.05) is 0 Å². The number of aryl methyl sites for hydroxylation is 1. The molecule has 0 bridgehead atoms. The van der Waals surface area contributed by atoms with Gasteiger partial charge in [0.05, 0.1) is 17.0 Å². The maximum Gasteiger partial charge on any atom is 0.270 e. The van der Waals surface area contributed by atoms with Crippen LogP contribution in [0.3, 0.4) is 0 Å². The third kappa shape index (κ3) is 3.25. The summed E-state index contributed by atoms with van der Waals surface area (Å²) >= 11 is 0. The second-order valence-corrected chi connectivity index (χ2v) is 4.59. The average molecular weight is 292 g/mol. The van der Waals surface area contributed by atoms with E-state index in [9.17, 15) is 19.3 Å². The number of nitro groups is 1. The fourth-order valence-electron chi connectivity index (χ4n) is 1.87. The summed E-state index contributed by atoms with van der Waals surface area (Å²) in [5.41, 5.74) is -0.669. The van der Waals surface area contributed by atoms with Gasteiger partial charge in [0, 0.05) is 19.2 Å². The Hall–Kier alpha value is -2.70. The van der Waals surface area contributed by atoms with Crippen LogP contribution in [-0.4, -0.2) is 22.8 Å². The van der Waals surface area contributed by atoms with E-state index in [2.05, 4.69) is 0 Å². The van der Waals surface area contributed by atoms with E-state index >= 15 is 0 Å². The molecule has 2 rings (SSSR count). The SMILES string of the molecule is Cc1ccc(CN(C)C(=O)c2cc([N+](=O)[O-])ccc2F)o1. The fourth-order valence-corrected chi connectivity index (χ4v) is 1.87. The number of furan rings is 1. The molecule has 2 aromatic rings. The lowest BCUT2D eigenvalue weighted by Crippen LogP contribution is -2.27. The van der Waals surface area contributed by atoms with Crippen LogP contribution in [0.15, 0.2) is 34.7 Å². The van der Waals surface area contributed by atoms with Crippen molar-refractivity contribution in [3.8, 4) is 0 Å². The van der Waals surface area contributed by atoms with Crippen molar-refractivity contribution in [3.63, 3.8) is 0 Å². The van der Waals surface area contributed by atoms with E-state index in [1.165, 1.54) is 11.9 Å². The number of amides is 1. The molecule has 0 aliphatic heterocycles. The van der Waals surface area contributed by atoms with Gasteiger partial charge in [-0.25, -0.2) is 4.39 Å². The maximum atomic E-state index is 13.7. The Kier molecular flexibility index (Phi) is 4.02. The van der Waals surface area contributed by atoms with E-state index < -0.39 is 16.6 Å². The summed E-state index contributed by atoms with van der Waals surface area (Å²) in [5, 5.41) is 10.7. The molecule has 0 atom stereocenters. The second-order valence-electron chi connectivity index (χ2n) is 4.59. The zero-order chi connectivity index (χ0) is 15.6. The number of benzene rings is 1. The Morgan fingerprint density at radius 1 is 1.38 bits per heavy atom. The number of hydrogen-bond donors (Lipinski definition) is 0. The van der Waals surface area contributed by atoms with Crippen LogP contribution < -0.4 is 0 Å². The molecule has 0 saturated heterocycles. The van der Waals surface area contributed by atoms with Crippen LogP contribution in [-0.2, 0) is 6.54 Å². The molecule has 0 fully saturated rings. The largest absolute Gasteiger partial charge is 0.464 e. The van der Waals surface area contributed by atoms with E-state index in [0.29, 0.717) is 11.5 Å². The highest BCUT2D eigenvalue weighted by Crippen LogP contribution is 2.19. The molecule has 0 saturated carbocycles. The monoisotopic (exact) mass is 292 g/mol. The smallest absolute Gasteiger partial charge is 0.270 e. The first-order chi connectivity index (χ1) is 9.88. The molecule has 1 heterocycles. The van der Waals surface area contributed by atoms with Gasteiger partial charge in [-0.05, 0) is 25.1 Å². The van der Waals surface area contributed by atoms with Crippen molar-refractivity contribution < 1.29 is 18.5 Å². The van der Waals surface area contributed by atoms with Crippen LogP contribution in [0.5, 0.6) is 0 Å². The van der Waals surface area contributed by atoms with Crippen LogP contribution in [0.1, 0.15) is 21.9 Å². The molecule has 110 valence electrons. The Balaban J connectivity index is 2.22. The number of non-ortho nitro benzene ring substituents is 1. The van der Waals surface area contributed by atoms with Gasteiger partial charge < -0.3 is 9.32 Å². The van der Waals surface area contributed by atoms with E-state index in [4.69, 9.17) is 4.42 Å². The third-order valence-electron chi connectivity index (χ3n) is 2.93. The number of carbonyl (C=O) groups excluding carboxylic acids is 1. The lowest BCUT2D eigenvalue weighted by atomic mass is 10.1. The zero-order valence-electron chi connectivity index (χ0n) is 11.5. The topological polar surface area (TPSA) is 76.6 Å². The number of nitro benzene ring substituents is 1. The first kappa shape index (κ1) is 14.7. The minimum atomic E-state index is -0.798. The number of hydrogen-bond acceptors (Lipinski definition) is 4. The molecule has 0 N–H and O–H groups in total. The molecule has 0 radical (unpaired) electrons. The van der Waals surface area contributed by atoms with Crippen LogP contribution in [0, 0.1) is 22.9 Å². The van der Waals surface area contributed by atoms with Crippen molar-refractivity contribution in [1.82, 2.24) is 4.90 Å². The van der Waals surface area contributed by atoms with Crippen LogP contribution in [0.2, 0.25) is 0 Å². The van der Waals surface area contributed by atoms with Gasteiger partial charge in [0.25, 0.3) is 11.6 Å². The Morgan fingerprint density at radius 3 is 2.67 bits per heavy atom. The minimum Gasteiger partial charge on any atom is -0.464 e. The van der Waals surface area contributed by atoms with E-state index in [1.54, 1.807) is 19.1 Å². The molecule has 1 aromatic carbocycles. The first-order valence-corrected chi connectivity index (χ1v) is 6.13. The second kappa shape index (κ2) is 5.74. The molecule has 1 aromatic heterocycles. The molecular weight excluding hydrogens is 279 g/mol. The predicted octanol–water partition coefficient (Wildman–Crippen LogP) is 2.91. The van der Waals surface area contributed by atoms with E-state index in [0.717, 1.165) is 18.2 Å². The third-order valence-corrected chi connectivity index (χ3v) is 2.93. The van der Waals surface area contributed by atoms with Crippen molar-refractivity contribution >= 4 is 11.6 Å². The molecule has 0 spiro atoms. The number of rotatable bonds is 4. The molecule has 1 amide bonds. The molecule has 0 aliphatic rings. The summed E-state index contributed by atoms with van der Waals surface area (Å²) < 4.78 is 19.0. The minimum absolute atomic E-state index is 0.148. The van der Waals surface area contributed by atoms with Gasteiger partial charge in [-0.15, -0.1) is 0 Å². The highest BCUT2D eigenvalue weighted by atomic mass is 19.1. The predicted molar refractivity (Wildman–Crippen MR) is 72.3 cm³/mol. The van der Waals surface area contributed by atoms with Gasteiger partial charge in [0.2, 0.25) is 0 Å². The Bertz CT molecular complexity index is 696. The summed E-state index contributed by atoms with van der Waals surface area (Å²) in [7, 11) is 1.47. The van der Waals surface area contributed by atoms with Crippen molar-refractivity contribution in [2.75, 3.05) is 7.05 Å². The molecule has 0 aliphatic carbocycles. The standard InChI is InChI=1S/C14H13FN2O4/c1-9-3-5-11(21-9)8-16(2)14(18)12-7-10(17(19)20)4-6-13(12)15/h3-7H,8H2,1-2H3. The summed E-state index contributed by atoms with van der Waals surface area (Å²) in [4.78, 5) is 23.4. The number of carbonyl (C=O) groups is 1. The van der Waals surface area contributed by atoms with Gasteiger partial charge >= 0.3 is 0 Å². The summed E-state index contributed by atoms with van der Waals surface area (Å²) in [5.74, 6) is -0.195. The van der Waals surface area contributed by atoms with Gasteiger partial charge in [0.1, 0.15) is 17.3 Å². The summed E-state index contributed by atoms with van der Waals surface area (Å²) in [6, 6.07) is 6.32. The number of halogens is 1. The lowest BCUT2D eigenvalue weighted by molar-refractivity contribution is -0.384. The van der Waals surface area contributed by atoms with Crippen molar-refractivity contribution in [2.24, 2.45) is 0 Å². The van der Waals surface area contributed by atoms with Gasteiger partial charge in [-0.3, -0.25) is 14.9 Å².